The van der Waals surface area contributed by atoms with E-state index in [0.717, 1.165) is 21.3 Å². The number of hydrogen-bond donors (Lipinski definition) is 2. The van der Waals surface area contributed by atoms with Gasteiger partial charge in [-0.25, -0.2) is 9.97 Å². The van der Waals surface area contributed by atoms with Crippen LogP contribution < -0.4 is 10.6 Å². The summed E-state index contributed by atoms with van der Waals surface area (Å²) in [6, 6.07) is 14.2. The Morgan fingerprint density at radius 2 is 2.00 bits per heavy atom. The van der Waals surface area contributed by atoms with Gasteiger partial charge in [-0.1, -0.05) is 12.1 Å². The van der Waals surface area contributed by atoms with Gasteiger partial charge < -0.3 is 10.6 Å². The summed E-state index contributed by atoms with van der Waals surface area (Å²) < 4.78 is 0. The van der Waals surface area contributed by atoms with E-state index in [0.29, 0.717) is 5.95 Å². The summed E-state index contributed by atoms with van der Waals surface area (Å²) in [6.07, 6.45) is 1.78. The zero-order valence-corrected chi connectivity index (χ0v) is 12.7. The molecule has 2 N–H and O–H groups in total. The second kappa shape index (κ2) is 5.93. The number of rotatable bonds is 4. The number of nitrogens with zero attached hydrogens (tertiary/aromatic N) is 2. The second-order valence-corrected chi connectivity index (χ2v) is 5.76. The lowest BCUT2D eigenvalue weighted by molar-refractivity contribution is 1.17. The van der Waals surface area contributed by atoms with Crippen molar-refractivity contribution < 1.29 is 0 Å². The number of aryl methyl sites for hydroxylation is 1. The molecule has 1 aromatic carbocycles. The number of anilines is 3. The Morgan fingerprint density at radius 1 is 1.10 bits per heavy atom. The summed E-state index contributed by atoms with van der Waals surface area (Å²) in [7, 11) is 1.92. The third kappa shape index (κ3) is 3.20. The van der Waals surface area contributed by atoms with E-state index in [1.807, 2.05) is 25.2 Å². The molecule has 0 aliphatic heterocycles. The van der Waals surface area contributed by atoms with Gasteiger partial charge in [0.2, 0.25) is 5.95 Å². The predicted molar refractivity (Wildman–Crippen MR) is 89.4 cm³/mol. The number of benzene rings is 1. The van der Waals surface area contributed by atoms with Crippen molar-refractivity contribution in [3.05, 3.63) is 54.2 Å². The minimum absolute atomic E-state index is 0.609. The molecule has 106 valence electrons. The van der Waals surface area contributed by atoms with E-state index in [1.165, 1.54) is 5.56 Å². The monoisotopic (exact) mass is 296 g/mol. The topological polar surface area (TPSA) is 49.8 Å². The van der Waals surface area contributed by atoms with Crippen LogP contribution in [0.2, 0.25) is 0 Å². The minimum Gasteiger partial charge on any atom is -0.380 e. The lowest BCUT2D eigenvalue weighted by Crippen LogP contribution is -1.97. The molecule has 0 fully saturated rings. The smallest absolute Gasteiger partial charge is 0.227 e. The molecule has 0 bridgehead atoms. The van der Waals surface area contributed by atoms with Crippen molar-refractivity contribution in [2.45, 2.75) is 6.92 Å². The summed E-state index contributed by atoms with van der Waals surface area (Å²) in [5, 5.41) is 7.50. The van der Waals surface area contributed by atoms with E-state index in [1.54, 1.807) is 17.5 Å². The quantitative estimate of drug-likeness (QED) is 0.753. The SMILES string of the molecule is CNc1ccc(-c2ccnc(Nc3cccc(C)c3)n2)s1. The molecule has 2 aromatic heterocycles. The fourth-order valence-corrected chi connectivity index (χ4v) is 2.85. The van der Waals surface area contributed by atoms with Crippen LogP contribution in [0.25, 0.3) is 10.6 Å². The number of nitrogens with one attached hydrogen (secondary N) is 2. The Bertz CT molecular complexity index is 751. The first-order valence-corrected chi connectivity index (χ1v) is 7.51. The molecule has 0 saturated carbocycles. The van der Waals surface area contributed by atoms with Crippen molar-refractivity contribution in [1.29, 1.82) is 0 Å². The fraction of sp³-hybridized carbons (Fsp3) is 0.125. The third-order valence-electron chi connectivity index (χ3n) is 3.03. The summed E-state index contributed by atoms with van der Waals surface area (Å²) in [6.45, 7) is 2.06. The largest absolute Gasteiger partial charge is 0.380 e. The van der Waals surface area contributed by atoms with Gasteiger partial charge in [0.05, 0.1) is 15.6 Å². The third-order valence-corrected chi connectivity index (χ3v) is 4.16. The molecule has 0 unspecified atom stereocenters. The second-order valence-electron chi connectivity index (χ2n) is 4.67. The van der Waals surface area contributed by atoms with Gasteiger partial charge in [-0.2, -0.15) is 0 Å². The van der Waals surface area contributed by atoms with Gasteiger partial charge in [0.1, 0.15) is 0 Å². The van der Waals surface area contributed by atoms with Crippen LogP contribution >= 0.6 is 11.3 Å². The Labute approximate surface area is 127 Å². The molecule has 0 atom stereocenters. The lowest BCUT2D eigenvalue weighted by Gasteiger charge is -2.06. The average Bonchev–Trinajstić information content (AvgIpc) is 2.96. The van der Waals surface area contributed by atoms with Crippen LogP contribution in [0.5, 0.6) is 0 Å². The van der Waals surface area contributed by atoms with E-state index in [-0.39, 0.29) is 0 Å². The Kier molecular flexibility index (Phi) is 3.83. The first-order chi connectivity index (χ1) is 10.2. The maximum Gasteiger partial charge on any atom is 0.227 e. The van der Waals surface area contributed by atoms with E-state index < -0.39 is 0 Å². The molecular weight excluding hydrogens is 280 g/mol. The highest BCUT2D eigenvalue weighted by Crippen LogP contribution is 2.30. The van der Waals surface area contributed by atoms with Crippen molar-refractivity contribution in [1.82, 2.24) is 9.97 Å². The van der Waals surface area contributed by atoms with Crippen molar-refractivity contribution in [2.24, 2.45) is 0 Å². The van der Waals surface area contributed by atoms with E-state index in [9.17, 15) is 0 Å². The standard InChI is InChI=1S/C16H16N4S/c1-11-4-3-5-12(10-11)19-16-18-9-8-13(20-16)14-6-7-15(17-2)21-14/h3-10,17H,1-2H3,(H,18,19,20). The Hall–Kier alpha value is -2.40. The van der Waals surface area contributed by atoms with Crippen LogP contribution in [-0.4, -0.2) is 17.0 Å². The normalized spacial score (nSPS) is 10.4. The van der Waals surface area contributed by atoms with Gasteiger partial charge >= 0.3 is 0 Å². The van der Waals surface area contributed by atoms with Crippen molar-refractivity contribution in [3.63, 3.8) is 0 Å². The van der Waals surface area contributed by atoms with Crippen LogP contribution in [0.3, 0.4) is 0 Å². The van der Waals surface area contributed by atoms with Crippen LogP contribution in [0, 0.1) is 6.92 Å². The molecule has 0 aliphatic rings. The summed E-state index contributed by atoms with van der Waals surface area (Å²) in [4.78, 5) is 9.98. The number of hydrogen-bond acceptors (Lipinski definition) is 5. The van der Waals surface area contributed by atoms with E-state index in [4.69, 9.17) is 0 Å². The first-order valence-electron chi connectivity index (χ1n) is 6.69. The number of thiophene rings is 1. The Morgan fingerprint density at radius 3 is 2.76 bits per heavy atom. The van der Waals surface area contributed by atoms with E-state index >= 15 is 0 Å². The maximum atomic E-state index is 4.58. The molecule has 0 saturated heterocycles. The van der Waals surface area contributed by atoms with Gasteiger partial charge in [0.25, 0.3) is 0 Å². The Balaban J connectivity index is 1.86. The molecule has 0 spiro atoms. The highest BCUT2D eigenvalue weighted by molar-refractivity contribution is 7.19. The molecule has 21 heavy (non-hydrogen) atoms. The summed E-state index contributed by atoms with van der Waals surface area (Å²) in [5.41, 5.74) is 3.12. The molecule has 0 aliphatic carbocycles. The predicted octanol–water partition coefficient (Wildman–Crippen LogP) is 4.30. The van der Waals surface area contributed by atoms with Gasteiger partial charge in [-0.15, -0.1) is 11.3 Å². The molecule has 3 aromatic rings. The van der Waals surface area contributed by atoms with Crippen LogP contribution in [0.4, 0.5) is 16.6 Å². The average molecular weight is 296 g/mol. The highest BCUT2D eigenvalue weighted by Gasteiger charge is 2.05. The molecule has 0 radical (unpaired) electrons. The number of aromatic nitrogens is 2. The van der Waals surface area contributed by atoms with Crippen molar-refractivity contribution in [3.8, 4) is 10.6 Å². The van der Waals surface area contributed by atoms with Crippen molar-refractivity contribution >= 4 is 28.0 Å². The van der Waals surface area contributed by atoms with Crippen molar-refractivity contribution in [2.75, 3.05) is 17.7 Å². The van der Waals surface area contributed by atoms with Gasteiger partial charge in [-0.3, -0.25) is 0 Å². The zero-order valence-electron chi connectivity index (χ0n) is 11.9. The first kappa shape index (κ1) is 13.6. The molecule has 5 heteroatoms. The molecule has 3 rings (SSSR count). The van der Waals surface area contributed by atoms with Gasteiger partial charge in [-0.05, 0) is 42.8 Å². The van der Waals surface area contributed by atoms with Gasteiger partial charge in [0.15, 0.2) is 0 Å². The molecular formula is C16H16N4S. The lowest BCUT2D eigenvalue weighted by atomic mass is 10.2. The van der Waals surface area contributed by atoms with Crippen LogP contribution in [-0.2, 0) is 0 Å². The molecule has 0 amide bonds. The van der Waals surface area contributed by atoms with E-state index in [2.05, 4.69) is 51.8 Å². The zero-order chi connectivity index (χ0) is 14.7. The van der Waals surface area contributed by atoms with Crippen LogP contribution in [0.15, 0.2) is 48.7 Å². The van der Waals surface area contributed by atoms with Gasteiger partial charge in [0, 0.05) is 18.9 Å². The highest BCUT2D eigenvalue weighted by atomic mass is 32.1. The van der Waals surface area contributed by atoms with Crippen LogP contribution in [0.1, 0.15) is 5.56 Å². The fourth-order valence-electron chi connectivity index (χ4n) is 2.02. The maximum absolute atomic E-state index is 4.58. The minimum atomic E-state index is 0.609. The summed E-state index contributed by atoms with van der Waals surface area (Å²) >= 11 is 1.67. The molecule has 2 heterocycles. The molecule has 4 nitrogen and oxygen atoms in total. The summed E-state index contributed by atoms with van der Waals surface area (Å²) in [5.74, 6) is 0.609.